The SMILES string of the molecule is COc1cc(OCc2ccccc2)c2cc(C(=N)N)ccc2c1. The molecular formula is C19H18N2O2. The van der Waals surface area contributed by atoms with Gasteiger partial charge in [-0.25, -0.2) is 0 Å². The van der Waals surface area contributed by atoms with Crippen LogP contribution in [0.3, 0.4) is 0 Å². The third kappa shape index (κ3) is 3.26. The summed E-state index contributed by atoms with van der Waals surface area (Å²) in [6.07, 6.45) is 0. The van der Waals surface area contributed by atoms with Crippen molar-refractivity contribution in [1.29, 1.82) is 5.41 Å². The van der Waals surface area contributed by atoms with Crippen LogP contribution >= 0.6 is 0 Å². The van der Waals surface area contributed by atoms with E-state index in [0.717, 1.165) is 22.1 Å². The highest BCUT2D eigenvalue weighted by atomic mass is 16.5. The Labute approximate surface area is 135 Å². The number of benzene rings is 3. The summed E-state index contributed by atoms with van der Waals surface area (Å²) in [5.41, 5.74) is 7.36. The van der Waals surface area contributed by atoms with Gasteiger partial charge in [0.1, 0.15) is 23.9 Å². The Morgan fingerprint density at radius 3 is 2.52 bits per heavy atom. The average Bonchev–Trinajstić information content (AvgIpc) is 2.59. The lowest BCUT2D eigenvalue weighted by atomic mass is 10.0. The van der Waals surface area contributed by atoms with Crippen LogP contribution in [-0.2, 0) is 6.61 Å². The first-order valence-corrected chi connectivity index (χ1v) is 7.30. The second-order valence-corrected chi connectivity index (χ2v) is 5.25. The van der Waals surface area contributed by atoms with Gasteiger partial charge >= 0.3 is 0 Å². The summed E-state index contributed by atoms with van der Waals surface area (Å²) >= 11 is 0. The molecule has 0 atom stereocenters. The largest absolute Gasteiger partial charge is 0.497 e. The van der Waals surface area contributed by atoms with Crippen LogP contribution in [0.5, 0.6) is 11.5 Å². The molecule has 0 aromatic heterocycles. The fraction of sp³-hybridized carbons (Fsp3) is 0.105. The molecule has 0 spiro atoms. The van der Waals surface area contributed by atoms with Gasteiger partial charge in [0, 0.05) is 17.0 Å². The zero-order valence-corrected chi connectivity index (χ0v) is 12.9. The van der Waals surface area contributed by atoms with E-state index < -0.39 is 0 Å². The summed E-state index contributed by atoms with van der Waals surface area (Å²) in [6, 6.07) is 19.4. The van der Waals surface area contributed by atoms with E-state index in [4.69, 9.17) is 20.6 Å². The Morgan fingerprint density at radius 2 is 1.83 bits per heavy atom. The second kappa shape index (κ2) is 6.40. The van der Waals surface area contributed by atoms with E-state index in [2.05, 4.69) is 0 Å². The molecule has 0 heterocycles. The van der Waals surface area contributed by atoms with Crippen LogP contribution in [0.4, 0.5) is 0 Å². The monoisotopic (exact) mass is 306 g/mol. The standard InChI is InChI=1S/C19H18N2O2/c1-22-16-9-14-7-8-15(19(20)21)10-17(14)18(11-16)23-12-13-5-3-2-4-6-13/h2-11H,12H2,1H3,(H3,20,21). The number of ether oxygens (including phenoxy) is 2. The zero-order chi connectivity index (χ0) is 16.2. The smallest absolute Gasteiger partial charge is 0.131 e. The first kappa shape index (κ1) is 14.9. The molecule has 3 aromatic carbocycles. The molecule has 4 heteroatoms. The van der Waals surface area contributed by atoms with Crippen LogP contribution < -0.4 is 15.2 Å². The van der Waals surface area contributed by atoms with Gasteiger partial charge in [-0.05, 0) is 23.1 Å². The molecule has 0 aliphatic heterocycles. The number of nitrogen functional groups attached to an aromatic ring is 1. The number of amidine groups is 1. The van der Waals surface area contributed by atoms with Crippen molar-refractivity contribution in [3.05, 3.63) is 71.8 Å². The molecule has 0 unspecified atom stereocenters. The Morgan fingerprint density at radius 1 is 1.04 bits per heavy atom. The van der Waals surface area contributed by atoms with Crippen molar-refractivity contribution in [2.24, 2.45) is 5.73 Å². The van der Waals surface area contributed by atoms with Crippen molar-refractivity contribution in [2.75, 3.05) is 7.11 Å². The molecule has 0 aliphatic rings. The fourth-order valence-corrected chi connectivity index (χ4v) is 2.44. The topological polar surface area (TPSA) is 68.3 Å². The summed E-state index contributed by atoms with van der Waals surface area (Å²) in [6.45, 7) is 0.466. The molecule has 3 N–H and O–H groups in total. The molecule has 3 rings (SSSR count). The Balaban J connectivity index is 2.01. The van der Waals surface area contributed by atoms with E-state index in [1.165, 1.54) is 0 Å². The van der Waals surface area contributed by atoms with Gasteiger partial charge in [0.15, 0.2) is 0 Å². The summed E-state index contributed by atoms with van der Waals surface area (Å²) in [5.74, 6) is 1.49. The molecule has 0 aliphatic carbocycles. The predicted molar refractivity (Wildman–Crippen MR) is 92.3 cm³/mol. The number of fused-ring (bicyclic) bond motifs is 1. The second-order valence-electron chi connectivity index (χ2n) is 5.25. The van der Waals surface area contributed by atoms with Crippen LogP contribution in [0.2, 0.25) is 0 Å². The number of rotatable bonds is 5. The zero-order valence-electron chi connectivity index (χ0n) is 12.9. The van der Waals surface area contributed by atoms with Gasteiger partial charge in [-0.15, -0.1) is 0 Å². The summed E-state index contributed by atoms with van der Waals surface area (Å²) in [4.78, 5) is 0. The van der Waals surface area contributed by atoms with Crippen LogP contribution in [0.1, 0.15) is 11.1 Å². The minimum Gasteiger partial charge on any atom is -0.497 e. The molecule has 0 saturated heterocycles. The first-order chi connectivity index (χ1) is 11.2. The third-order valence-electron chi connectivity index (χ3n) is 3.67. The van der Waals surface area contributed by atoms with E-state index >= 15 is 0 Å². The first-order valence-electron chi connectivity index (χ1n) is 7.30. The van der Waals surface area contributed by atoms with E-state index in [1.807, 2.05) is 60.7 Å². The van der Waals surface area contributed by atoms with E-state index in [0.29, 0.717) is 17.9 Å². The molecule has 0 fully saturated rings. The summed E-state index contributed by atoms with van der Waals surface area (Å²) < 4.78 is 11.3. The van der Waals surface area contributed by atoms with Crippen molar-refractivity contribution < 1.29 is 9.47 Å². The van der Waals surface area contributed by atoms with Crippen molar-refractivity contribution in [3.63, 3.8) is 0 Å². The normalized spacial score (nSPS) is 10.5. The third-order valence-corrected chi connectivity index (χ3v) is 3.67. The minimum absolute atomic E-state index is 0.0386. The molecule has 0 radical (unpaired) electrons. The lowest BCUT2D eigenvalue weighted by molar-refractivity contribution is 0.307. The highest BCUT2D eigenvalue weighted by Crippen LogP contribution is 2.32. The van der Waals surface area contributed by atoms with Gasteiger partial charge in [0.25, 0.3) is 0 Å². The van der Waals surface area contributed by atoms with Crippen molar-refractivity contribution in [1.82, 2.24) is 0 Å². The fourth-order valence-electron chi connectivity index (χ4n) is 2.44. The van der Waals surface area contributed by atoms with Gasteiger partial charge in [-0.3, -0.25) is 5.41 Å². The van der Waals surface area contributed by atoms with Crippen molar-refractivity contribution in [2.45, 2.75) is 6.61 Å². The minimum atomic E-state index is 0.0386. The predicted octanol–water partition coefficient (Wildman–Crippen LogP) is 3.71. The highest BCUT2D eigenvalue weighted by Gasteiger charge is 2.08. The van der Waals surface area contributed by atoms with Gasteiger partial charge < -0.3 is 15.2 Å². The van der Waals surface area contributed by atoms with Gasteiger partial charge in [-0.1, -0.05) is 42.5 Å². The van der Waals surface area contributed by atoms with E-state index in [1.54, 1.807) is 7.11 Å². The number of hydrogen-bond acceptors (Lipinski definition) is 3. The van der Waals surface area contributed by atoms with E-state index in [9.17, 15) is 0 Å². The van der Waals surface area contributed by atoms with Crippen LogP contribution in [0, 0.1) is 5.41 Å². The molecule has 0 saturated carbocycles. The number of hydrogen-bond donors (Lipinski definition) is 2. The summed E-state index contributed by atoms with van der Waals surface area (Å²) in [7, 11) is 1.63. The van der Waals surface area contributed by atoms with Gasteiger partial charge in [0.2, 0.25) is 0 Å². The lowest BCUT2D eigenvalue weighted by Gasteiger charge is -2.13. The van der Waals surface area contributed by atoms with Gasteiger partial charge in [-0.2, -0.15) is 0 Å². The Bertz CT molecular complexity index is 845. The lowest BCUT2D eigenvalue weighted by Crippen LogP contribution is -2.10. The molecular weight excluding hydrogens is 288 g/mol. The molecule has 3 aromatic rings. The maximum Gasteiger partial charge on any atom is 0.131 e. The molecule has 23 heavy (non-hydrogen) atoms. The Hall–Kier alpha value is -3.01. The number of nitrogens with two attached hydrogens (primary N) is 1. The van der Waals surface area contributed by atoms with Crippen LogP contribution in [0.25, 0.3) is 10.8 Å². The maximum absolute atomic E-state index is 7.61. The van der Waals surface area contributed by atoms with Crippen LogP contribution in [-0.4, -0.2) is 12.9 Å². The number of methoxy groups -OCH3 is 1. The van der Waals surface area contributed by atoms with Crippen molar-refractivity contribution in [3.8, 4) is 11.5 Å². The molecule has 0 bridgehead atoms. The maximum atomic E-state index is 7.61. The molecule has 116 valence electrons. The molecule has 0 amide bonds. The van der Waals surface area contributed by atoms with Gasteiger partial charge in [0.05, 0.1) is 7.11 Å². The van der Waals surface area contributed by atoms with E-state index in [-0.39, 0.29) is 5.84 Å². The highest BCUT2D eigenvalue weighted by molar-refractivity contribution is 6.01. The number of nitrogens with one attached hydrogen (secondary N) is 1. The van der Waals surface area contributed by atoms with Crippen molar-refractivity contribution >= 4 is 16.6 Å². The van der Waals surface area contributed by atoms with Crippen LogP contribution in [0.15, 0.2) is 60.7 Å². The quantitative estimate of drug-likeness (QED) is 0.557. The summed E-state index contributed by atoms with van der Waals surface area (Å²) in [5, 5.41) is 9.50. The molecule has 4 nitrogen and oxygen atoms in total. The average molecular weight is 306 g/mol. The Kier molecular flexibility index (Phi) is 4.15.